The second-order valence-corrected chi connectivity index (χ2v) is 1.96. The fraction of sp³-hybridized carbons (Fsp3) is 0.500. The molecule has 0 bridgehead atoms. The summed E-state index contributed by atoms with van der Waals surface area (Å²) in [7, 11) is 0. The fourth-order valence-corrected chi connectivity index (χ4v) is 0.865. The van der Waals surface area contributed by atoms with Crippen molar-refractivity contribution in [3.8, 4) is 6.07 Å². The summed E-state index contributed by atoms with van der Waals surface area (Å²) in [6.45, 7) is 0. The molecular formula is C6H8N2. The standard InChI is InChI=1S/C6H8N2/c7-4-5-2-1-3-6(5)8/h3,5H,1-2,8H2. The van der Waals surface area contributed by atoms with E-state index in [4.69, 9.17) is 11.0 Å². The highest BCUT2D eigenvalue weighted by Gasteiger charge is 2.14. The number of nitrogens with two attached hydrogens (primary N) is 1. The molecule has 0 radical (unpaired) electrons. The van der Waals surface area contributed by atoms with Crippen molar-refractivity contribution in [2.75, 3.05) is 0 Å². The lowest BCUT2D eigenvalue weighted by Gasteiger charge is -1.95. The van der Waals surface area contributed by atoms with Crippen molar-refractivity contribution in [3.63, 3.8) is 0 Å². The van der Waals surface area contributed by atoms with E-state index in [1.807, 2.05) is 6.08 Å². The van der Waals surface area contributed by atoms with Gasteiger partial charge in [-0.25, -0.2) is 0 Å². The SMILES string of the molecule is N#CC1CCC=C1N. The third-order valence-corrected chi connectivity index (χ3v) is 1.39. The van der Waals surface area contributed by atoms with Crippen LogP contribution in [0, 0.1) is 17.2 Å². The summed E-state index contributed by atoms with van der Waals surface area (Å²) in [5.74, 6) is 0.00926. The van der Waals surface area contributed by atoms with E-state index in [0.29, 0.717) is 0 Å². The van der Waals surface area contributed by atoms with Crippen LogP contribution in [0.4, 0.5) is 0 Å². The Morgan fingerprint density at radius 1 is 1.88 bits per heavy atom. The Hall–Kier alpha value is -0.970. The summed E-state index contributed by atoms with van der Waals surface area (Å²) in [6, 6.07) is 2.12. The second kappa shape index (κ2) is 1.87. The molecule has 0 fully saturated rings. The van der Waals surface area contributed by atoms with Crippen LogP contribution in [0.25, 0.3) is 0 Å². The molecule has 1 rings (SSSR count). The average molecular weight is 108 g/mol. The molecule has 0 heterocycles. The smallest absolute Gasteiger partial charge is 0.0857 e. The lowest BCUT2D eigenvalue weighted by molar-refractivity contribution is 0.747. The Morgan fingerprint density at radius 2 is 2.62 bits per heavy atom. The zero-order valence-corrected chi connectivity index (χ0v) is 4.59. The molecule has 1 unspecified atom stereocenters. The van der Waals surface area contributed by atoms with Gasteiger partial charge in [-0.1, -0.05) is 6.08 Å². The zero-order valence-electron chi connectivity index (χ0n) is 4.59. The van der Waals surface area contributed by atoms with Gasteiger partial charge in [0.2, 0.25) is 0 Å². The van der Waals surface area contributed by atoms with E-state index < -0.39 is 0 Å². The molecule has 0 aromatic carbocycles. The van der Waals surface area contributed by atoms with Crippen molar-refractivity contribution in [1.82, 2.24) is 0 Å². The van der Waals surface area contributed by atoms with E-state index >= 15 is 0 Å². The van der Waals surface area contributed by atoms with Gasteiger partial charge in [-0.05, 0) is 12.8 Å². The highest BCUT2D eigenvalue weighted by molar-refractivity contribution is 5.15. The van der Waals surface area contributed by atoms with E-state index in [2.05, 4.69) is 6.07 Å². The van der Waals surface area contributed by atoms with Gasteiger partial charge in [0.25, 0.3) is 0 Å². The third-order valence-electron chi connectivity index (χ3n) is 1.39. The van der Waals surface area contributed by atoms with Crippen molar-refractivity contribution in [3.05, 3.63) is 11.8 Å². The molecule has 2 N–H and O–H groups in total. The summed E-state index contributed by atoms with van der Waals surface area (Å²) in [6.07, 6.45) is 3.82. The molecule has 1 aliphatic carbocycles. The third kappa shape index (κ3) is 0.671. The summed E-state index contributed by atoms with van der Waals surface area (Å²) < 4.78 is 0. The molecule has 0 aromatic rings. The number of hydrogen-bond donors (Lipinski definition) is 1. The van der Waals surface area contributed by atoms with Gasteiger partial charge in [-0.15, -0.1) is 0 Å². The lowest BCUT2D eigenvalue weighted by atomic mass is 10.1. The molecule has 0 amide bonds. The molecule has 1 atom stereocenters. The van der Waals surface area contributed by atoms with Gasteiger partial charge in [-0.3, -0.25) is 0 Å². The predicted octanol–water partition coefficient (Wildman–Crippen LogP) is 0.763. The van der Waals surface area contributed by atoms with E-state index in [1.54, 1.807) is 0 Å². The van der Waals surface area contributed by atoms with Gasteiger partial charge in [0.15, 0.2) is 0 Å². The Bertz CT molecular complexity index is 152. The average Bonchev–Trinajstić information content (AvgIpc) is 2.14. The van der Waals surface area contributed by atoms with E-state index in [9.17, 15) is 0 Å². The van der Waals surface area contributed by atoms with Crippen LogP contribution in [0.5, 0.6) is 0 Å². The van der Waals surface area contributed by atoms with Crippen molar-refractivity contribution in [2.24, 2.45) is 11.7 Å². The monoisotopic (exact) mass is 108 g/mol. The van der Waals surface area contributed by atoms with Crippen molar-refractivity contribution in [2.45, 2.75) is 12.8 Å². The summed E-state index contributed by atoms with van der Waals surface area (Å²) in [4.78, 5) is 0. The van der Waals surface area contributed by atoms with Crippen LogP contribution in [0.15, 0.2) is 11.8 Å². The number of rotatable bonds is 0. The maximum atomic E-state index is 8.37. The molecule has 2 heteroatoms. The van der Waals surface area contributed by atoms with Crippen LogP contribution < -0.4 is 5.73 Å². The molecule has 0 spiro atoms. The Balaban J connectivity index is 2.63. The minimum Gasteiger partial charge on any atom is -0.401 e. The van der Waals surface area contributed by atoms with E-state index in [-0.39, 0.29) is 5.92 Å². The first-order chi connectivity index (χ1) is 3.84. The van der Waals surface area contributed by atoms with E-state index in [1.165, 1.54) is 0 Å². The first-order valence-electron chi connectivity index (χ1n) is 2.69. The van der Waals surface area contributed by atoms with Crippen LogP contribution >= 0.6 is 0 Å². The van der Waals surface area contributed by atoms with Gasteiger partial charge in [0.1, 0.15) is 0 Å². The van der Waals surface area contributed by atoms with Crippen molar-refractivity contribution < 1.29 is 0 Å². The predicted molar refractivity (Wildman–Crippen MR) is 30.6 cm³/mol. The highest BCUT2D eigenvalue weighted by Crippen LogP contribution is 2.19. The largest absolute Gasteiger partial charge is 0.401 e. The number of nitriles is 1. The topological polar surface area (TPSA) is 49.8 Å². The maximum Gasteiger partial charge on any atom is 0.0857 e. The van der Waals surface area contributed by atoms with Gasteiger partial charge in [-0.2, -0.15) is 5.26 Å². The summed E-state index contributed by atoms with van der Waals surface area (Å²) in [5.41, 5.74) is 6.19. The molecule has 8 heavy (non-hydrogen) atoms. The van der Waals surface area contributed by atoms with E-state index in [0.717, 1.165) is 18.5 Å². The first kappa shape index (κ1) is 5.17. The number of allylic oxidation sites excluding steroid dienone is 2. The molecule has 0 saturated heterocycles. The van der Waals surface area contributed by atoms with Crippen LogP contribution in [-0.4, -0.2) is 0 Å². The summed E-state index contributed by atoms with van der Waals surface area (Å²) in [5, 5.41) is 8.37. The van der Waals surface area contributed by atoms with Crippen LogP contribution in [-0.2, 0) is 0 Å². The Kier molecular flexibility index (Phi) is 1.21. The zero-order chi connectivity index (χ0) is 5.98. The Morgan fingerprint density at radius 3 is 2.88 bits per heavy atom. The van der Waals surface area contributed by atoms with Crippen molar-refractivity contribution in [1.29, 1.82) is 5.26 Å². The van der Waals surface area contributed by atoms with Gasteiger partial charge in [0, 0.05) is 5.70 Å². The van der Waals surface area contributed by atoms with Crippen molar-refractivity contribution >= 4 is 0 Å². The lowest BCUT2D eigenvalue weighted by Crippen LogP contribution is -2.03. The highest BCUT2D eigenvalue weighted by atomic mass is 14.6. The molecule has 0 aliphatic heterocycles. The fourth-order valence-electron chi connectivity index (χ4n) is 0.865. The van der Waals surface area contributed by atoms with Gasteiger partial charge in [0.05, 0.1) is 12.0 Å². The molecule has 0 saturated carbocycles. The number of hydrogen-bond acceptors (Lipinski definition) is 2. The molecule has 1 aliphatic rings. The second-order valence-electron chi connectivity index (χ2n) is 1.96. The maximum absolute atomic E-state index is 8.37. The van der Waals surface area contributed by atoms with Crippen LogP contribution in [0.1, 0.15) is 12.8 Å². The first-order valence-corrected chi connectivity index (χ1v) is 2.69. The summed E-state index contributed by atoms with van der Waals surface area (Å²) >= 11 is 0. The number of nitrogens with zero attached hydrogens (tertiary/aromatic N) is 1. The quantitative estimate of drug-likeness (QED) is 0.498. The van der Waals surface area contributed by atoms with Gasteiger partial charge < -0.3 is 5.73 Å². The Labute approximate surface area is 48.6 Å². The molecule has 2 nitrogen and oxygen atoms in total. The molecular weight excluding hydrogens is 100 g/mol. The van der Waals surface area contributed by atoms with Crippen LogP contribution in [0.2, 0.25) is 0 Å². The molecule has 0 aromatic heterocycles. The van der Waals surface area contributed by atoms with Gasteiger partial charge >= 0.3 is 0 Å². The van der Waals surface area contributed by atoms with Crippen LogP contribution in [0.3, 0.4) is 0 Å². The minimum atomic E-state index is 0.00926. The normalized spacial score (nSPS) is 26.9. The molecule has 42 valence electrons. The minimum absolute atomic E-state index is 0.00926.